The maximum Gasteiger partial charge on any atom is 0.205 e. The van der Waals surface area contributed by atoms with Crippen molar-refractivity contribution in [3.63, 3.8) is 0 Å². The van der Waals surface area contributed by atoms with Gasteiger partial charge in [0.15, 0.2) is 16.9 Å². The number of fused-ring (bicyclic) bond motifs is 2. The van der Waals surface area contributed by atoms with Crippen LogP contribution < -0.4 is 10.9 Å². The van der Waals surface area contributed by atoms with Crippen LogP contribution in [0.5, 0.6) is 34.5 Å². The highest BCUT2D eigenvalue weighted by atomic mass is 16.3. The molecule has 0 aliphatic carbocycles. The second-order valence-corrected chi connectivity index (χ2v) is 9.04. The third-order valence-electron chi connectivity index (χ3n) is 6.48. The molecule has 0 atom stereocenters. The van der Waals surface area contributed by atoms with Gasteiger partial charge in [0.25, 0.3) is 0 Å². The van der Waals surface area contributed by atoms with Gasteiger partial charge in [0.1, 0.15) is 56.5 Å². The van der Waals surface area contributed by atoms with Crippen LogP contribution in [0.1, 0.15) is 0 Å². The Balaban J connectivity index is 1.72. The zero-order chi connectivity index (χ0) is 28.3. The summed E-state index contributed by atoms with van der Waals surface area (Å²) >= 11 is 0. The maximum absolute atomic E-state index is 13.8. The summed E-state index contributed by atoms with van der Waals surface area (Å²) in [6.07, 6.45) is 0. The molecular weight excluding hydrogens is 520 g/mol. The standard InChI is InChI=1S/C30H18O10/c31-15-5-1-13(2-6-15)21-12-20(35)26-23(39-21)11-18(27(36)29(26)38)24-28(37)25-19(34)9-17(33)10-22(25)40-30(24)14-3-7-16(32)8-4-14/h1-12,31-34,36,38H. The fourth-order valence-corrected chi connectivity index (χ4v) is 4.60. The highest BCUT2D eigenvalue weighted by molar-refractivity contribution is 5.99. The number of phenols is 6. The van der Waals surface area contributed by atoms with Gasteiger partial charge in [-0.15, -0.1) is 0 Å². The van der Waals surface area contributed by atoms with Crippen molar-refractivity contribution < 1.29 is 39.5 Å². The fourth-order valence-electron chi connectivity index (χ4n) is 4.60. The van der Waals surface area contributed by atoms with Crippen molar-refractivity contribution >= 4 is 21.9 Å². The second-order valence-electron chi connectivity index (χ2n) is 9.04. The smallest absolute Gasteiger partial charge is 0.205 e. The van der Waals surface area contributed by atoms with E-state index in [-0.39, 0.29) is 67.4 Å². The molecule has 0 bridgehead atoms. The van der Waals surface area contributed by atoms with E-state index < -0.39 is 28.1 Å². The lowest BCUT2D eigenvalue weighted by Gasteiger charge is -2.14. The first-order valence-electron chi connectivity index (χ1n) is 11.8. The van der Waals surface area contributed by atoms with Crippen LogP contribution in [0.4, 0.5) is 0 Å². The molecule has 6 aromatic rings. The summed E-state index contributed by atoms with van der Waals surface area (Å²) in [6.45, 7) is 0. The molecule has 0 saturated heterocycles. The van der Waals surface area contributed by atoms with E-state index in [0.29, 0.717) is 5.56 Å². The predicted molar refractivity (Wildman–Crippen MR) is 145 cm³/mol. The summed E-state index contributed by atoms with van der Waals surface area (Å²) in [5, 5.41) is 61.1. The van der Waals surface area contributed by atoms with Gasteiger partial charge in [-0.05, 0) is 54.6 Å². The largest absolute Gasteiger partial charge is 0.508 e. The van der Waals surface area contributed by atoms with Crippen molar-refractivity contribution in [2.75, 3.05) is 0 Å². The first-order chi connectivity index (χ1) is 19.1. The SMILES string of the molecule is O=c1cc(-c2ccc(O)cc2)oc2cc(-c3c(-c4ccc(O)cc4)oc4cc(O)cc(O)c4c3=O)c(O)c(O)c12. The lowest BCUT2D eigenvalue weighted by atomic mass is 9.95. The van der Waals surface area contributed by atoms with Crippen LogP contribution in [0, 0.1) is 0 Å². The Morgan fingerprint density at radius 3 is 1.80 bits per heavy atom. The molecule has 40 heavy (non-hydrogen) atoms. The van der Waals surface area contributed by atoms with Crippen molar-refractivity contribution in [1.82, 2.24) is 0 Å². The predicted octanol–water partition coefficient (Wildman–Crippen LogP) is 5.13. The van der Waals surface area contributed by atoms with Gasteiger partial charge < -0.3 is 39.5 Å². The van der Waals surface area contributed by atoms with E-state index in [0.717, 1.165) is 18.2 Å². The first kappa shape index (κ1) is 24.4. The van der Waals surface area contributed by atoms with E-state index in [9.17, 15) is 40.2 Å². The van der Waals surface area contributed by atoms with Gasteiger partial charge in [-0.25, -0.2) is 0 Å². The minimum Gasteiger partial charge on any atom is -0.508 e. The zero-order valence-electron chi connectivity index (χ0n) is 20.2. The summed E-state index contributed by atoms with van der Waals surface area (Å²) < 4.78 is 11.8. The molecule has 10 nitrogen and oxygen atoms in total. The molecule has 4 aromatic carbocycles. The van der Waals surface area contributed by atoms with Crippen LogP contribution in [0.3, 0.4) is 0 Å². The summed E-state index contributed by atoms with van der Waals surface area (Å²) in [6, 6.07) is 15.8. The number of aromatic hydroxyl groups is 6. The van der Waals surface area contributed by atoms with Crippen molar-refractivity contribution in [2.45, 2.75) is 0 Å². The number of hydrogen-bond donors (Lipinski definition) is 6. The molecule has 2 heterocycles. The molecule has 6 N–H and O–H groups in total. The second kappa shape index (κ2) is 8.84. The lowest BCUT2D eigenvalue weighted by molar-refractivity contribution is 0.408. The van der Waals surface area contributed by atoms with Gasteiger partial charge in [-0.3, -0.25) is 9.59 Å². The van der Waals surface area contributed by atoms with E-state index >= 15 is 0 Å². The molecule has 0 amide bonds. The van der Waals surface area contributed by atoms with E-state index in [2.05, 4.69) is 0 Å². The molecule has 2 aromatic heterocycles. The third kappa shape index (κ3) is 3.82. The molecule has 0 saturated carbocycles. The lowest BCUT2D eigenvalue weighted by Crippen LogP contribution is -2.09. The Labute approximate surface area is 223 Å². The minimum absolute atomic E-state index is 0.00176. The number of phenolic OH excluding ortho intramolecular Hbond substituents is 6. The Kier molecular flexibility index (Phi) is 5.40. The molecule has 10 heteroatoms. The zero-order valence-corrected chi connectivity index (χ0v) is 20.2. The molecule has 0 aliphatic heterocycles. The van der Waals surface area contributed by atoms with Crippen LogP contribution in [0.2, 0.25) is 0 Å². The van der Waals surface area contributed by atoms with Crippen LogP contribution in [0.25, 0.3) is 55.7 Å². The Morgan fingerprint density at radius 1 is 0.550 bits per heavy atom. The molecule has 0 aliphatic rings. The van der Waals surface area contributed by atoms with Gasteiger partial charge in [0.05, 0.1) is 5.56 Å². The molecule has 0 spiro atoms. The van der Waals surface area contributed by atoms with Crippen LogP contribution in [-0.2, 0) is 0 Å². The van der Waals surface area contributed by atoms with Gasteiger partial charge in [-0.1, -0.05) is 0 Å². The van der Waals surface area contributed by atoms with E-state index in [1.54, 1.807) is 0 Å². The maximum atomic E-state index is 13.8. The van der Waals surface area contributed by atoms with Gasteiger partial charge in [0, 0.05) is 34.9 Å². The van der Waals surface area contributed by atoms with Crippen molar-refractivity contribution in [3.05, 3.63) is 93.2 Å². The highest BCUT2D eigenvalue weighted by Crippen LogP contribution is 2.45. The summed E-state index contributed by atoms with van der Waals surface area (Å²) in [5.41, 5.74) is -1.71. The Bertz CT molecular complexity index is 2090. The van der Waals surface area contributed by atoms with Crippen LogP contribution >= 0.6 is 0 Å². The van der Waals surface area contributed by atoms with Crippen molar-refractivity contribution in [3.8, 4) is 68.3 Å². The fraction of sp³-hybridized carbons (Fsp3) is 0. The monoisotopic (exact) mass is 538 g/mol. The number of rotatable bonds is 3. The van der Waals surface area contributed by atoms with E-state index in [4.69, 9.17) is 8.83 Å². The van der Waals surface area contributed by atoms with Gasteiger partial charge in [-0.2, -0.15) is 0 Å². The van der Waals surface area contributed by atoms with Gasteiger partial charge in [0.2, 0.25) is 5.43 Å². The van der Waals surface area contributed by atoms with Gasteiger partial charge >= 0.3 is 0 Å². The molecule has 0 radical (unpaired) electrons. The third-order valence-corrected chi connectivity index (χ3v) is 6.48. The van der Waals surface area contributed by atoms with Crippen molar-refractivity contribution in [1.29, 1.82) is 0 Å². The minimum atomic E-state index is -0.843. The summed E-state index contributed by atoms with van der Waals surface area (Å²) in [4.78, 5) is 26.8. The molecule has 198 valence electrons. The molecule has 0 fully saturated rings. The molecule has 6 rings (SSSR count). The van der Waals surface area contributed by atoms with E-state index in [1.165, 1.54) is 54.6 Å². The van der Waals surface area contributed by atoms with Crippen molar-refractivity contribution in [2.24, 2.45) is 0 Å². The van der Waals surface area contributed by atoms with E-state index in [1.807, 2.05) is 0 Å². The summed E-state index contributed by atoms with van der Waals surface area (Å²) in [7, 11) is 0. The Morgan fingerprint density at radius 2 is 1.15 bits per heavy atom. The Hall–Kier alpha value is -5.90. The molecule has 0 unspecified atom stereocenters. The normalized spacial score (nSPS) is 11.3. The first-order valence-corrected chi connectivity index (χ1v) is 11.8. The number of hydrogen-bond acceptors (Lipinski definition) is 10. The topological polar surface area (TPSA) is 182 Å². The van der Waals surface area contributed by atoms with Crippen LogP contribution in [-0.4, -0.2) is 30.6 Å². The molecular formula is C30H18O10. The summed E-state index contributed by atoms with van der Waals surface area (Å²) in [5.74, 6) is -2.73. The quantitative estimate of drug-likeness (QED) is 0.165. The van der Waals surface area contributed by atoms with Crippen LogP contribution in [0.15, 0.2) is 91.2 Å². The highest BCUT2D eigenvalue weighted by Gasteiger charge is 2.26. The average Bonchev–Trinajstić information content (AvgIpc) is 2.91. The number of benzene rings is 4. The average molecular weight is 538 g/mol.